The number of hydrogen-bond acceptors (Lipinski definition) is 4. The molecule has 1 atom stereocenters. The van der Waals surface area contributed by atoms with Gasteiger partial charge in [0.1, 0.15) is 0 Å². The van der Waals surface area contributed by atoms with Gasteiger partial charge in [-0.2, -0.15) is 0 Å². The van der Waals surface area contributed by atoms with Gasteiger partial charge >= 0.3 is 12.0 Å². The van der Waals surface area contributed by atoms with Gasteiger partial charge in [-0.05, 0) is 18.2 Å². The molecule has 0 saturated carbocycles. The minimum absolute atomic E-state index is 0.101. The lowest BCUT2D eigenvalue weighted by atomic mass is 10.2. The molecule has 1 aliphatic heterocycles. The van der Waals surface area contributed by atoms with Crippen molar-refractivity contribution in [2.45, 2.75) is 6.04 Å². The van der Waals surface area contributed by atoms with Crippen LogP contribution in [0.3, 0.4) is 0 Å². The van der Waals surface area contributed by atoms with Crippen molar-refractivity contribution < 1.29 is 19.1 Å². The van der Waals surface area contributed by atoms with E-state index in [9.17, 15) is 9.59 Å². The van der Waals surface area contributed by atoms with Crippen LogP contribution in [0.4, 0.5) is 10.5 Å². The van der Waals surface area contributed by atoms with Crippen molar-refractivity contribution >= 4 is 40.9 Å². The summed E-state index contributed by atoms with van der Waals surface area (Å²) in [6.45, 7) is 0.733. The third-order valence-electron chi connectivity index (χ3n) is 3.03. The van der Waals surface area contributed by atoms with Gasteiger partial charge in [-0.1, -0.05) is 23.2 Å². The Balaban J connectivity index is 2.14. The van der Waals surface area contributed by atoms with Crippen molar-refractivity contribution in [3.63, 3.8) is 0 Å². The normalized spacial score (nSPS) is 18.2. The number of amides is 2. The third-order valence-corrected chi connectivity index (χ3v) is 3.60. The van der Waals surface area contributed by atoms with Crippen LogP contribution in [-0.2, 0) is 14.3 Å². The number of hydrogen-bond donors (Lipinski definition) is 1. The molecule has 1 N–H and O–H groups in total. The van der Waals surface area contributed by atoms with E-state index in [1.54, 1.807) is 12.1 Å². The highest BCUT2D eigenvalue weighted by Gasteiger charge is 2.33. The summed E-state index contributed by atoms with van der Waals surface area (Å²) in [5.74, 6) is -0.526. The average molecular weight is 333 g/mol. The highest BCUT2D eigenvalue weighted by Crippen LogP contribution is 2.26. The van der Waals surface area contributed by atoms with Crippen molar-refractivity contribution in [3.8, 4) is 0 Å². The maximum Gasteiger partial charge on any atom is 0.331 e. The van der Waals surface area contributed by atoms with Crippen molar-refractivity contribution in [2.75, 3.05) is 32.2 Å². The van der Waals surface area contributed by atoms with E-state index in [0.29, 0.717) is 22.3 Å². The highest BCUT2D eigenvalue weighted by molar-refractivity contribution is 6.35. The predicted molar refractivity (Wildman–Crippen MR) is 78.8 cm³/mol. The lowest BCUT2D eigenvalue weighted by molar-refractivity contribution is -0.150. The second kappa shape index (κ2) is 6.98. The van der Waals surface area contributed by atoms with Crippen LogP contribution in [0.5, 0.6) is 0 Å². The first-order valence-corrected chi connectivity index (χ1v) is 6.96. The molecule has 0 aromatic heterocycles. The number of morpholine rings is 1. The van der Waals surface area contributed by atoms with Crippen molar-refractivity contribution in [1.29, 1.82) is 0 Å². The van der Waals surface area contributed by atoms with E-state index in [2.05, 4.69) is 10.1 Å². The molecule has 1 aromatic carbocycles. The molecule has 1 aromatic rings. The number of nitrogens with zero attached hydrogens (tertiary/aromatic N) is 1. The number of carbonyl (C=O) groups excluding carboxylic acids is 2. The maximum absolute atomic E-state index is 12.3. The Labute approximate surface area is 131 Å². The first-order chi connectivity index (χ1) is 10.0. The van der Waals surface area contributed by atoms with Crippen LogP contribution in [0.25, 0.3) is 0 Å². The molecule has 6 nitrogen and oxygen atoms in total. The number of benzene rings is 1. The van der Waals surface area contributed by atoms with Gasteiger partial charge in [0, 0.05) is 11.6 Å². The molecule has 1 saturated heterocycles. The summed E-state index contributed by atoms with van der Waals surface area (Å²) in [6.07, 6.45) is 0. The van der Waals surface area contributed by atoms with Gasteiger partial charge in [-0.3, -0.25) is 0 Å². The Morgan fingerprint density at radius 3 is 2.90 bits per heavy atom. The molecule has 8 heteroatoms. The summed E-state index contributed by atoms with van der Waals surface area (Å²) < 4.78 is 9.88. The predicted octanol–water partition coefficient (Wildman–Crippen LogP) is 2.40. The summed E-state index contributed by atoms with van der Waals surface area (Å²) in [4.78, 5) is 25.3. The van der Waals surface area contributed by atoms with Crippen LogP contribution in [0.2, 0.25) is 10.0 Å². The standard InChI is InChI=1S/C13H14Cl2N2O4/c1-20-12(18)11-7-21-5-4-17(11)13(19)16-10-6-8(14)2-3-9(10)15/h2-3,6,11H,4-5,7H2,1H3,(H,16,19). The fourth-order valence-electron chi connectivity index (χ4n) is 1.96. The van der Waals surface area contributed by atoms with E-state index < -0.39 is 18.0 Å². The molecule has 21 heavy (non-hydrogen) atoms. The number of nitrogens with one attached hydrogen (secondary N) is 1. The maximum atomic E-state index is 12.3. The van der Waals surface area contributed by atoms with Crippen molar-refractivity contribution in [1.82, 2.24) is 4.90 Å². The first-order valence-electron chi connectivity index (χ1n) is 6.21. The number of rotatable bonds is 2. The Kier molecular flexibility index (Phi) is 5.27. The summed E-state index contributed by atoms with van der Waals surface area (Å²) in [7, 11) is 1.26. The molecule has 114 valence electrons. The lowest BCUT2D eigenvalue weighted by Gasteiger charge is -2.33. The summed E-state index contributed by atoms with van der Waals surface area (Å²) in [6, 6.07) is 3.50. The molecule has 1 fully saturated rings. The van der Waals surface area contributed by atoms with Gasteiger partial charge in [-0.15, -0.1) is 0 Å². The van der Waals surface area contributed by atoms with E-state index in [-0.39, 0.29) is 13.2 Å². The number of anilines is 1. The number of ether oxygens (including phenoxy) is 2. The number of urea groups is 1. The quantitative estimate of drug-likeness (QED) is 0.844. The first kappa shape index (κ1) is 15.9. The molecule has 0 radical (unpaired) electrons. The lowest BCUT2D eigenvalue weighted by Crippen LogP contribution is -2.54. The van der Waals surface area contributed by atoms with Crippen molar-refractivity contribution in [3.05, 3.63) is 28.2 Å². The number of methoxy groups -OCH3 is 1. The number of carbonyl (C=O) groups is 2. The SMILES string of the molecule is COC(=O)C1COCCN1C(=O)Nc1cc(Cl)ccc1Cl. The summed E-state index contributed by atoms with van der Waals surface area (Å²) >= 11 is 11.9. The zero-order valence-electron chi connectivity index (χ0n) is 11.3. The Morgan fingerprint density at radius 2 is 2.19 bits per heavy atom. The van der Waals surface area contributed by atoms with E-state index in [1.165, 1.54) is 18.1 Å². The molecular formula is C13H14Cl2N2O4. The van der Waals surface area contributed by atoms with Crippen molar-refractivity contribution in [2.24, 2.45) is 0 Å². The molecule has 1 aliphatic rings. The number of esters is 1. The van der Waals surface area contributed by atoms with Gasteiger partial charge in [0.15, 0.2) is 6.04 Å². The molecule has 0 bridgehead atoms. The van der Waals surface area contributed by atoms with E-state index in [4.69, 9.17) is 27.9 Å². The largest absolute Gasteiger partial charge is 0.467 e. The smallest absolute Gasteiger partial charge is 0.331 e. The fourth-order valence-corrected chi connectivity index (χ4v) is 2.30. The highest BCUT2D eigenvalue weighted by atomic mass is 35.5. The van der Waals surface area contributed by atoms with Crippen LogP contribution in [0, 0.1) is 0 Å². The Morgan fingerprint density at radius 1 is 1.43 bits per heavy atom. The molecule has 2 amide bonds. The van der Waals surface area contributed by atoms with Gasteiger partial charge in [0.05, 0.1) is 31.0 Å². The molecule has 0 spiro atoms. The Bertz CT molecular complexity index is 553. The van der Waals surface area contributed by atoms with Crippen LogP contribution in [0.15, 0.2) is 18.2 Å². The summed E-state index contributed by atoms with van der Waals surface area (Å²) in [5, 5.41) is 3.44. The molecule has 1 heterocycles. The third kappa shape index (κ3) is 3.78. The van der Waals surface area contributed by atoms with Gasteiger partial charge < -0.3 is 19.7 Å². The molecule has 0 aliphatic carbocycles. The van der Waals surface area contributed by atoms with Gasteiger partial charge in [0.2, 0.25) is 0 Å². The molecule has 2 rings (SSSR count). The zero-order valence-corrected chi connectivity index (χ0v) is 12.8. The van der Waals surface area contributed by atoms with E-state index in [0.717, 1.165) is 0 Å². The second-order valence-corrected chi connectivity index (χ2v) is 5.21. The minimum Gasteiger partial charge on any atom is -0.467 e. The average Bonchev–Trinajstić information content (AvgIpc) is 2.50. The topological polar surface area (TPSA) is 67.9 Å². The minimum atomic E-state index is -0.776. The second-order valence-electron chi connectivity index (χ2n) is 4.36. The van der Waals surface area contributed by atoms with Crippen LogP contribution in [0.1, 0.15) is 0 Å². The fraction of sp³-hybridized carbons (Fsp3) is 0.385. The monoisotopic (exact) mass is 332 g/mol. The van der Waals surface area contributed by atoms with Gasteiger partial charge in [-0.25, -0.2) is 9.59 Å². The molecular weight excluding hydrogens is 319 g/mol. The summed E-state index contributed by atoms with van der Waals surface area (Å²) in [5.41, 5.74) is 0.379. The van der Waals surface area contributed by atoms with Crippen LogP contribution >= 0.6 is 23.2 Å². The Hall–Kier alpha value is -1.50. The molecule has 1 unspecified atom stereocenters. The van der Waals surface area contributed by atoms with Crippen LogP contribution < -0.4 is 5.32 Å². The van der Waals surface area contributed by atoms with E-state index >= 15 is 0 Å². The van der Waals surface area contributed by atoms with Gasteiger partial charge in [0.25, 0.3) is 0 Å². The van der Waals surface area contributed by atoms with Crippen LogP contribution in [-0.4, -0.2) is 49.8 Å². The number of halogens is 2. The zero-order chi connectivity index (χ0) is 15.4. The van der Waals surface area contributed by atoms with E-state index in [1.807, 2.05) is 0 Å².